The molecule has 0 aromatic carbocycles. The normalized spacial score (nSPS) is 36.8. The number of Topliss-reactive ketones (excluding diaryl/α,β-unsaturated/α-hetero) is 1. The molecule has 0 aromatic rings. The number of ether oxygens (including phenoxy) is 1. The van der Waals surface area contributed by atoms with Crippen molar-refractivity contribution in [2.24, 2.45) is 0 Å². The average Bonchev–Trinajstić information content (AvgIpc) is 2.76. The van der Waals surface area contributed by atoms with Gasteiger partial charge in [-0.1, -0.05) is 0 Å². The monoisotopic (exact) mass is 324 g/mol. The minimum absolute atomic E-state index is 0.224. The van der Waals surface area contributed by atoms with Crippen LogP contribution < -0.4 is 0 Å². The molecule has 3 atom stereocenters. The standard InChI is InChI=1S/C13H22ClO5P/c1-4-17-12-8-7-9-13(12,11(15)10(12)14)20(16,18-5-2)19-6-3/h10H,4-9H2,1-3H3/t10-,12+,13-/m1/s1. The highest BCUT2D eigenvalue weighted by Gasteiger charge is 2.83. The Morgan fingerprint density at radius 1 is 1.20 bits per heavy atom. The summed E-state index contributed by atoms with van der Waals surface area (Å²) in [6.07, 6.45) is 1.80. The number of alkyl halides is 1. The third kappa shape index (κ3) is 1.80. The van der Waals surface area contributed by atoms with Crippen LogP contribution in [0.25, 0.3) is 0 Å². The first kappa shape index (κ1) is 16.4. The van der Waals surface area contributed by atoms with Gasteiger partial charge in [0.15, 0.2) is 10.9 Å². The molecule has 0 spiro atoms. The molecule has 0 bridgehead atoms. The van der Waals surface area contributed by atoms with Crippen LogP contribution in [0.2, 0.25) is 0 Å². The fourth-order valence-electron chi connectivity index (χ4n) is 3.66. The van der Waals surface area contributed by atoms with Crippen molar-refractivity contribution in [1.82, 2.24) is 0 Å². The Morgan fingerprint density at radius 2 is 1.80 bits per heavy atom. The number of ketones is 1. The summed E-state index contributed by atoms with van der Waals surface area (Å²) < 4.78 is 29.9. The molecule has 0 amide bonds. The first-order valence-corrected chi connectivity index (χ1v) is 9.15. The van der Waals surface area contributed by atoms with E-state index in [2.05, 4.69) is 0 Å². The van der Waals surface area contributed by atoms with E-state index in [9.17, 15) is 9.36 Å². The zero-order valence-corrected chi connectivity index (χ0v) is 13.8. The Kier molecular flexibility index (Phi) is 4.68. The summed E-state index contributed by atoms with van der Waals surface area (Å²) in [6, 6.07) is 0. The second-order valence-electron chi connectivity index (χ2n) is 5.10. The van der Waals surface area contributed by atoms with Crippen molar-refractivity contribution < 1.29 is 23.1 Å². The smallest absolute Gasteiger partial charge is 0.347 e. The van der Waals surface area contributed by atoms with Gasteiger partial charge in [-0.2, -0.15) is 0 Å². The summed E-state index contributed by atoms with van der Waals surface area (Å²) in [7, 11) is -3.60. The molecule has 116 valence electrons. The molecular weight excluding hydrogens is 303 g/mol. The number of carbonyl (C=O) groups is 1. The van der Waals surface area contributed by atoms with E-state index in [1.54, 1.807) is 13.8 Å². The van der Waals surface area contributed by atoms with E-state index >= 15 is 0 Å². The molecule has 7 heteroatoms. The SMILES string of the molecule is CCO[C@]12CCC[C@@]1(P(=O)(OCC)OCC)C(=O)[C@H]2Cl. The fraction of sp³-hybridized carbons (Fsp3) is 0.923. The van der Waals surface area contributed by atoms with Gasteiger partial charge in [-0.05, 0) is 40.0 Å². The minimum Gasteiger partial charge on any atom is -0.372 e. The second-order valence-corrected chi connectivity index (χ2v) is 7.81. The molecule has 0 aliphatic heterocycles. The van der Waals surface area contributed by atoms with Gasteiger partial charge in [0.2, 0.25) is 0 Å². The molecular formula is C13H22ClO5P. The lowest BCUT2D eigenvalue weighted by atomic mass is 9.68. The van der Waals surface area contributed by atoms with Gasteiger partial charge in [0.25, 0.3) is 0 Å². The summed E-state index contributed by atoms with van der Waals surface area (Å²) in [6.45, 7) is 6.18. The predicted octanol–water partition coefficient (Wildman–Crippen LogP) is 3.14. The quantitative estimate of drug-likeness (QED) is 0.532. The van der Waals surface area contributed by atoms with Gasteiger partial charge >= 0.3 is 7.60 Å². The third-order valence-electron chi connectivity index (χ3n) is 4.30. The van der Waals surface area contributed by atoms with E-state index < -0.39 is 23.7 Å². The molecule has 5 nitrogen and oxygen atoms in total. The van der Waals surface area contributed by atoms with Crippen molar-refractivity contribution >= 4 is 25.0 Å². The van der Waals surface area contributed by atoms with E-state index in [-0.39, 0.29) is 19.0 Å². The zero-order valence-electron chi connectivity index (χ0n) is 12.2. The summed E-state index contributed by atoms with van der Waals surface area (Å²) in [4.78, 5) is 12.5. The van der Waals surface area contributed by atoms with Crippen molar-refractivity contribution in [3.8, 4) is 0 Å². The van der Waals surface area contributed by atoms with Crippen LogP contribution in [-0.2, 0) is 23.1 Å². The van der Waals surface area contributed by atoms with Gasteiger partial charge in [0.1, 0.15) is 11.0 Å². The highest BCUT2D eigenvalue weighted by molar-refractivity contribution is 7.57. The highest BCUT2D eigenvalue weighted by atomic mass is 35.5. The van der Waals surface area contributed by atoms with Gasteiger partial charge in [-0.3, -0.25) is 9.36 Å². The molecule has 0 unspecified atom stereocenters. The van der Waals surface area contributed by atoms with Crippen molar-refractivity contribution in [2.45, 2.75) is 56.2 Å². The summed E-state index contributed by atoms with van der Waals surface area (Å²) >= 11 is 6.23. The van der Waals surface area contributed by atoms with E-state index in [0.29, 0.717) is 19.4 Å². The van der Waals surface area contributed by atoms with Crippen LogP contribution in [-0.4, -0.2) is 41.7 Å². The van der Waals surface area contributed by atoms with Crippen LogP contribution in [0.5, 0.6) is 0 Å². The second kappa shape index (κ2) is 5.69. The first-order chi connectivity index (χ1) is 9.45. The number of fused-ring (bicyclic) bond motifs is 1. The lowest BCUT2D eigenvalue weighted by Crippen LogP contribution is -2.75. The Bertz CT molecular complexity index is 432. The van der Waals surface area contributed by atoms with Crippen LogP contribution in [0, 0.1) is 0 Å². The van der Waals surface area contributed by atoms with Gasteiger partial charge in [0, 0.05) is 6.61 Å². The van der Waals surface area contributed by atoms with E-state index in [0.717, 1.165) is 6.42 Å². The van der Waals surface area contributed by atoms with Gasteiger partial charge in [-0.25, -0.2) is 0 Å². The Balaban J connectivity index is 2.49. The van der Waals surface area contributed by atoms with Gasteiger partial charge < -0.3 is 13.8 Å². The molecule has 2 aliphatic carbocycles. The molecule has 0 N–H and O–H groups in total. The predicted molar refractivity (Wildman–Crippen MR) is 76.4 cm³/mol. The van der Waals surface area contributed by atoms with Crippen LogP contribution in [0.4, 0.5) is 0 Å². The molecule has 2 aliphatic rings. The summed E-state index contributed by atoms with van der Waals surface area (Å²) in [5.74, 6) is -0.254. The topological polar surface area (TPSA) is 61.8 Å². The molecule has 0 radical (unpaired) electrons. The van der Waals surface area contributed by atoms with Crippen molar-refractivity contribution in [3.63, 3.8) is 0 Å². The zero-order chi connectivity index (χ0) is 15.0. The molecule has 20 heavy (non-hydrogen) atoms. The molecule has 0 saturated heterocycles. The van der Waals surface area contributed by atoms with Crippen LogP contribution in [0.15, 0.2) is 0 Å². The van der Waals surface area contributed by atoms with Crippen LogP contribution in [0.3, 0.4) is 0 Å². The van der Waals surface area contributed by atoms with Gasteiger partial charge in [0.05, 0.1) is 13.2 Å². The summed E-state index contributed by atoms with van der Waals surface area (Å²) in [5.41, 5.74) is -0.903. The maximum Gasteiger partial charge on any atom is 0.347 e. The number of hydrogen-bond acceptors (Lipinski definition) is 5. The third-order valence-corrected chi connectivity index (χ3v) is 7.81. The van der Waals surface area contributed by atoms with Crippen molar-refractivity contribution in [1.29, 1.82) is 0 Å². The van der Waals surface area contributed by atoms with Gasteiger partial charge in [-0.15, -0.1) is 11.6 Å². The number of carbonyl (C=O) groups excluding carboxylic acids is 1. The highest BCUT2D eigenvalue weighted by Crippen LogP contribution is 2.76. The maximum absolute atomic E-state index is 13.2. The van der Waals surface area contributed by atoms with Crippen LogP contribution in [0.1, 0.15) is 40.0 Å². The Morgan fingerprint density at radius 3 is 2.30 bits per heavy atom. The maximum atomic E-state index is 13.2. The molecule has 0 aromatic heterocycles. The average molecular weight is 325 g/mol. The minimum atomic E-state index is -3.60. The largest absolute Gasteiger partial charge is 0.372 e. The Hall–Kier alpha value is 0.0700. The van der Waals surface area contributed by atoms with E-state index in [4.69, 9.17) is 25.4 Å². The van der Waals surface area contributed by atoms with E-state index in [1.807, 2.05) is 6.92 Å². The lowest BCUT2D eigenvalue weighted by Gasteiger charge is -2.57. The lowest BCUT2D eigenvalue weighted by molar-refractivity contribution is -0.159. The molecule has 2 rings (SSSR count). The molecule has 2 fully saturated rings. The number of hydrogen-bond donors (Lipinski definition) is 0. The van der Waals surface area contributed by atoms with Crippen molar-refractivity contribution in [3.05, 3.63) is 0 Å². The number of rotatable bonds is 7. The molecule has 0 heterocycles. The molecule has 2 saturated carbocycles. The van der Waals surface area contributed by atoms with Crippen LogP contribution >= 0.6 is 19.2 Å². The first-order valence-electron chi connectivity index (χ1n) is 7.17. The summed E-state index contributed by atoms with van der Waals surface area (Å²) in [5, 5.41) is -1.98. The Labute approximate surface area is 124 Å². The van der Waals surface area contributed by atoms with E-state index in [1.165, 1.54) is 0 Å². The number of halogens is 1. The fourth-order valence-corrected chi connectivity index (χ4v) is 7.15. The van der Waals surface area contributed by atoms with Crippen molar-refractivity contribution in [2.75, 3.05) is 19.8 Å².